The molecule has 0 saturated heterocycles. The summed E-state index contributed by atoms with van der Waals surface area (Å²) in [4.78, 5) is 0. The highest BCUT2D eigenvalue weighted by atomic mass is 19.4. The van der Waals surface area contributed by atoms with E-state index in [4.69, 9.17) is 19.3 Å². The molecule has 0 fully saturated rings. The number of alkyl halides is 13. The topological polar surface area (TPSA) is 57.2 Å². The zero-order chi connectivity index (χ0) is 26.9. The molecule has 5 nitrogen and oxygen atoms in total. The highest BCUT2D eigenvalue weighted by molar-refractivity contribution is 5.10. The SMILES string of the molecule is OCCOCCOCCOCCOCCC(F)(F)C(F)(F)C(F)(F)C(F)(F)C(F)(F)C(F)(F)F. The Balaban J connectivity index is 4.63. The van der Waals surface area contributed by atoms with Crippen molar-refractivity contribution in [3.63, 3.8) is 0 Å². The smallest absolute Gasteiger partial charge is 0.394 e. The van der Waals surface area contributed by atoms with E-state index >= 15 is 0 Å². The zero-order valence-corrected chi connectivity index (χ0v) is 17.1. The van der Waals surface area contributed by atoms with Crippen molar-refractivity contribution in [2.24, 2.45) is 0 Å². The molecule has 0 aliphatic heterocycles. The highest BCUT2D eigenvalue weighted by Gasteiger charge is 2.90. The summed E-state index contributed by atoms with van der Waals surface area (Å²) in [5.74, 6) is -36.9. The van der Waals surface area contributed by atoms with E-state index in [9.17, 15) is 57.1 Å². The first-order chi connectivity index (χ1) is 15.3. The number of hydrogen-bond donors (Lipinski definition) is 1. The van der Waals surface area contributed by atoms with Crippen LogP contribution in [0, 0.1) is 0 Å². The van der Waals surface area contributed by atoms with E-state index in [1.54, 1.807) is 0 Å². The van der Waals surface area contributed by atoms with E-state index in [0.717, 1.165) is 0 Å². The molecule has 0 rings (SSSR count). The van der Waals surface area contributed by atoms with Crippen molar-refractivity contribution in [3.05, 3.63) is 0 Å². The van der Waals surface area contributed by atoms with E-state index < -0.39 is 55.4 Å². The second kappa shape index (κ2) is 12.7. The molecule has 0 aliphatic carbocycles. The van der Waals surface area contributed by atoms with Crippen LogP contribution in [0.15, 0.2) is 0 Å². The van der Waals surface area contributed by atoms with Gasteiger partial charge in [0.2, 0.25) is 0 Å². The van der Waals surface area contributed by atoms with Crippen LogP contribution in [0.5, 0.6) is 0 Å². The summed E-state index contributed by atoms with van der Waals surface area (Å²) >= 11 is 0. The van der Waals surface area contributed by atoms with Gasteiger partial charge in [-0.3, -0.25) is 0 Å². The van der Waals surface area contributed by atoms with Gasteiger partial charge in [0, 0.05) is 6.42 Å². The molecule has 0 bridgehead atoms. The summed E-state index contributed by atoms with van der Waals surface area (Å²) in [5.41, 5.74) is 0. The number of rotatable bonds is 18. The first kappa shape index (κ1) is 32.9. The number of hydrogen-bond acceptors (Lipinski definition) is 5. The number of ether oxygens (including phenoxy) is 4. The van der Waals surface area contributed by atoms with Gasteiger partial charge in [0.05, 0.1) is 59.5 Å². The molecule has 34 heavy (non-hydrogen) atoms. The molecule has 0 unspecified atom stereocenters. The van der Waals surface area contributed by atoms with E-state index in [1.165, 1.54) is 0 Å². The Labute approximate surface area is 184 Å². The lowest BCUT2D eigenvalue weighted by Gasteiger charge is -2.39. The van der Waals surface area contributed by atoms with Gasteiger partial charge >= 0.3 is 35.8 Å². The van der Waals surface area contributed by atoms with Crippen LogP contribution in [0.1, 0.15) is 6.42 Å². The largest absolute Gasteiger partial charge is 0.460 e. The fourth-order valence-corrected chi connectivity index (χ4v) is 1.99. The first-order valence-electron chi connectivity index (χ1n) is 9.19. The van der Waals surface area contributed by atoms with Gasteiger partial charge in [0.25, 0.3) is 0 Å². The summed E-state index contributed by atoms with van der Waals surface area (Å²) in [6.45, 7) is -2.23. The normalized spacial score (nSPS) is 14.6. The number of aliphatic hydroxyl groups is 1. The van der Waals surface area contributed by atoms with Crippen LogP contribution in [0.25, 0.3) is 0 Å². The third-order valence-electron chi connectivity index (χ3n) is 3.91. The maximum Gasteiger partial charge on any atom is 0.460 e. The van der Waals surface area contributed by atoms with Gasteiger partial charge in [-0.15, -0.1) is 0 Å². The predicted octanol–water partition coefficient (Wildman–Crippen LogP) is 4.17. The Bertz CT molecular complexity index is 584. The molecule has 0 amide bonds. The standard InChI is InChI=1S/C16H21F13O5/c17-11(18,1-3-31-5-7-33-9-10-34-8-6-32-4-2-30)12(19,20)13(21,22)14(23,24)15(25,26)16(27,28)29/h30H,1-10H2. The molecule has 0 heterocycles. The fraction of sp³-hybridized carbons (Fsp3) is 1.00. The van der Waals surface area contributed by atoms with Crippen LogP contribution in [-0.4, -0.2) is 100 Å². The molecule has 1 N–H and O–H groups in total. The van der Waals surface area contributed by atoms with Gasteiger partial charge < -0.3 is 24.1 Å². The van der Waals surface area contributed by atoms with Crippen molar-refractivity contribution in [2.75, 3.05) is 59.5 Å². The van der Waals surface area contributed by atoms with Crippen LogP contribution < -0.4 is 0 Å². The molecule has 206 valence electrons. The maximum absolute atomic E-state index is 13.5. The monoisotopic (exact) mass is 540 g/mol. The van der Waals surface area contributed by atoms with Crippen molar-refractivity contribution < 1.29 is 81.1 Å². The highest BCUT2D eigenvalue weighted by Crippen LogP contribution is 2.60. The molecule has 0 radical (unpaired) electrons. The lowest BCUT2D eigenvalue weighted by Crippen LogP contribution is -2.70. The molecular formula is C16H21F13O5. The molecule has 0 aromatic rings. The van der Waals surface area contributed by atoms with Crippen molar-refractivity contribution in [3.8, 4) is 0 Å². The van der Waals surface area contributed by atoms with Crippen LogP contribution in [0.4, 0.5) is 57.1 Å². The van der Waals surface area contributed by atoms with E-state index in [1.807, 2.05) is 0 Å². The number of halogens is 13. The quantitative estimate of drug-likeness (QED) is 0.209. The van der Waals surface area contributed by atoms with E-state index in [0.29, 0.717) is 0 Å². The van der Waals surface area contributed by atoms with Gasteiger partial charge in [-0.1, -0.05) is 0 Å². The number of aliphatic hydroxyl groups excluding tert-OH is 1. The van der Waals surface area contributed by atoms with E-state index in [2.05, 4.69) is 4.74 Å². The Morgan fingerprint density at radius 2 is 0.735 bits per heavy atom. The zero-order valence-electron chi connectivity index (χ0n) is 17.1. The molecule has 0 aliphatic rings. The third kappa shape index (κ3) is 7.69. The van der Waals surface area contributed by atoms with Crippen LogP contribution in [0.3, 0.4) is 0 Å². The van der Waals surface area contributed by atoms with Gasteiger partial charge in [-0.25, -0.2) is 0 Å². The Hall–Kier alpha value is -1.11. The fourth-order valence-electron chi connectivity index (χ4n) is 1.99. The lowest BCUT2D eigenvalue weighted by molar-refractivity contribution is -0.440. The lowest BCUT2D eigenvalue weighted by atomic mass is 9.93. The second-order valence-corrected chi connectivity index (χ2v) is 6.42. The summed E-state index contributed by atoms with van der Waals surface area (Å²) in [6, 6.07) is 0. The van der Waals surface area contributed by atoms with Gasteiger partial charge in [-0.2, -0.15) is 57.1 Å². The van der Waals surface area contributed by atoms with E-state index in [-0.39, 0.29) is 46.2 Å². The average molecular weight is 540 g/mol. The Morgan fingerprint density at radius 3 is 1.09 bits per heavy atom. The average Bonchev–Trinajstić information content (AvgIpc) is 2.70. The van der Waals surface area contributed by atoms with Gasteiger partial charge in [0.15, 0.2) is 0 Å². The minimum Gasteiger partial charge on any atom is -0.394 e. The van der Waals surface area contributed by atoms with Crippen molar-refractivity contribution >= 4 is 0 Å². The molecule has 0 spiro atoms. The Morgan fingerprint density at radius 1 is 0.412 bits per heavy atom. The second-order valence-electron chi connectivity index (χ2n) is 6.42. The van der Waals surface area contributed by atoms with Gasteiger partial charge in [-0.05, 0) is 0 Å². The minimum absolute atomic E-state index is 0.0264. The minimum atomic E-state index is -7.91. The van der Waals surface area contributed by atoms with Crippen molar-refractivity contribution in [1.29, 1.82) is 0 Å². The molecule has 0 atom stereocenters. The van der Waals surface area contributed by atoms with Crippen LogP contribution in [-0.2, 0) is 18.9 Å². The molecule has 0 saturated carbocycles. The summed E-state index contributed by atoms with van der Waals surface area (Å²) < 4.78 is 187. The van der Waals surface area contributed by atoms with Gasteiger partial charge in [0.1, 0.15) is 0 Å². The predicted molar refractivity (Wildman–Crippen MR) is 85.8 cm³/mol. The molecule has 0 aromatic heterocycles. The first-order valence-corrected chi connectivity index (χ1v) is 9.19. The maximum atomic E-state index is 13.5. The van der Waals surface area contributed by atoms with Crippen LogP contribution in [0.2, 0.25) is 0 Å². The summed E-state index contributed by atoms with van der Waals surface area (Å²) in [7, 11) is 0. The molecular weight excluding hydrogens is 519 g/mol. The summed E-state index contributed by atoms with van der Waals surface area (Å²) in [6.07, 6.45) is -9.85. The van der Waals surface area contributed by atoms with Crippen molar-refractivity contribution in [1.82, 2.24) is 0 Å². The third-order valence-corrected chi connectivity index (χ3v) is 3.91. The Kier molecular flexibility index (Phi) is 12.3. The summed E-state index contributed by atoms with van der Waals surface area (Å²) in [5, 5.41) is 8.43. The van der Waals surface area contributed by atoms with Crippen molar-refractivity contribution in [2.45, 2.75) is 42.2 Å². The van der Waals surface area contributed by atoms with Crippen LogP contribution >= 0.6 is 0 Å². The molecule has 0 aromatic carbocycles. The molecule has 18 heteroatoms.